The van der Waals surface area contributed by atoms with Gasteiger partial charge in [-0.2, -0.15) is 16.1 Å². The van der Waals surface area contributed by atoms with Crippen molar-refractivity contribution in [3.05, 3.63) is 23.8 Å². The minimum absolute atomic E-state index is 0.0366. The van der Waals surface area contributed by atoms with Crippen molar-refractivity contribution in [2.75, 3.05) is 23.8 Å². The summed E-state index contributed by atoms with van der Waals surface area (Å²) >= 11 is 1.79. The van der Waals surface area contributed by atoms with Gasteiger partial charge in [0.15, 0.2) is 0 Å². The van der Waals surface area contributed by atoms with Gasteiger partial charge in [0.1, 0.15) is 0 Å². The van der Waals surface area contributed by atoms with E-state index in [1.807, 2.05) is 6.92 Å². The zero-order chi connectivity index (χ0) is 13.3. The van der Waals surface area contributed by atoms with Crippen molar-refractivity contribution in [2.45, 2.75) is 24.8 Å². The first kappa shape index (κ1) is 13.7. The van der Waals surface area contributed by atoms with E-state index in [0.717, 1.165) is 17.1 Å². The lowest BCUT2D eigenvalue weighted by molar-refractivity contribution is 0.367. The maximum absolute atomic E-state index is 12.6. The van der Waals surface area contributed by atoms with E-state index < -0.39 is 10.0 Å². The molecule has 4 nitrogen and oxygen atoms in total. The van der Waals surface area contributed by atoms with E-state index in [1.54, 1.807) is 41.2 Å². The Labute approximate surface area is 113 Å². The van der Waals surface area contributed by atoms with Crippen LogP contribution in [0.25, 0.3) is 0 Å². The lowest BCUT2D eigenvalue weighted by atomic mass is 10.2. The SMILES string of the molecule is Cc1ccc(N)cc1S(=O)(=O)N1CCSCC1C. The average molecular weight is 286 g/mol. The van der Waals surface area contributed by atoms with Crippen molar-refractivity contribution >= 4 is 27.5 Å². The van der Waals surface area contributed by atoms with Gasteiger partial charge in [-0.3, -0.25) is 0 Å². The number of nitrogen functional groups attached to an aromatic ring is 1. The number of sulfonamides is 1. The normalized spacial score (nSPS) is 22.0. The lowest BCUT2D eigenvalue weighted by Crippen LogP contribution is -2.44. The predicted molar refractivity (Wildman–Crippen MR) is 76.3 cm³/mol. The topological polar surface area (TPSA) is 63.4 Å². The number of hydrogen-bond donors (Lipinski definition) is 1. The molecule has 6 heteroatoms. The molecule has 1 fully saturated rings. The van der Waals surface area contributed by atoms with Crippen LogP contribution < -0.4 is 5.73 Å². The molecule has 0 aliphatic carbocycles. The Morgan fingerprint density at radius 3 is 2.83 bits per heavy atom. The van der Waals surface area contributed by atoms with Crippen LogP contribution >= 0.6 is 11.8 Å². The van der Waals surface area contributed by atoms with Crippen LogP contribution in [0.3, 0.4) is 0 Å². The van der Waals surface area contributed by atoms with Gasteiger partial charge in [-0.05, 0) is 31.5 Å². The molecule has 2 rings (SSSR count). The van der Waals surface area contributed by atoms with E-state index in [2.05, 4.69) is 0 Å². The third-order valence-corrected chi connectivity index (χ3v) is 6.45. The average Bonchev–Trinajstić information content (AvgIpc) is 2.32. The molecule has 1 unspecified atom stereocenters. The zero-order valence-electron chi connectivity index (χ0n) is 10.6. The highest BCUT2D eigenvalue weighted by molar-refractivity contribution is 7.99. The van der Waals surface area contributed by atoms with E-state index in [0.29, 0.717) is 17.1 Å². The minimum Gasteiger partial charge on any atom is -0.399 e. The summed E-state index contributed by atoms with van der Waals surface area (Å²) in [6.45, 7) is 4.32. The molecule has 2 N–H and O–H groups in total. The first-order chi connectivity index (χ1) is 8.43. The molecule has 100 valence electrons. The summed E-state index contributed by atoms with van der Waals surface area (Å²) in [6.07, 6.45) is 0. The van der Waals surface area contributed by atoms with Gasteiger partial charge in [0.05, 0.1) is 4.90 Å². The van der Waals surface area contributed by atoms with Crippen molar-refractivity contribution in [2.24, 2.45) is 0 Å². The third kappa shape index (κ3) is 2.50. The second-order valence-electron chi connectivity index (χ2n) is 4.56. The van der Waals surface area contributed by atoms with Gasteiger partial charge < -0.3 is 5.73 Å². The fraction of sp³-hybridized carbons (Fsp3) is 0.500. The van der Waals surface area contributed by atoms with Crippen LogP contribution in [0.15, 0.2) is 23.1 Å². The Kier molecular flexibility index (Phi) is 3.89. The largest absolute Gasteiger partial charge is 0.399 e. The maximum Gasteiger partial charge on any atom is 0.243 e. The van der Waals surface area contributed by atoms with Gasteiger partial charge >= 0.3 is 0 Å². The Bertz CT molecular complexity index is 543. The first-order valence-electron chi connectivity index (χ1n) is 5.88. The Balaban J connectivity index is 2.44. The number of aryl methyl sites for hydroxylation is 1. The zero-order valence-corrected chi connectivity index (χ0v) is 12.2. The Morgan fingerprint density at radius 1 is 1.44 bits per heavy atom. The van der Waals surface area contributed by atoms with E-state index in [1.165, 1.54) is 0 Å². The maximum atomic E-state index is 12.6. The summed E-state index contributed by atoms with van der Waals surface area (Å²) in [5.41, 5.74) is 6.93. The lowest BCUT2D eigenvalue weighted by Gasteiger charge is -2.32. The molecule has 1 heterocycles. The molecule has 0 spiro atoms. The summed E-state index contributed by atoms with van der Waals surface area (Å²) in [4.78, 5) is 0.334. The molecule has 1 aliphatic heterocycles. The molecule has 1 saturated heterocycles. The summed E-state index contributed by atoms with van der Waals surface area (Å²) in [5.74, 6) is 1.70. The molecule has 18 heavy (non-hydrogen) atoms. The number of nitrogens with zero attached hydrogens (tertiary/aromatic N) is 1. The molecule has 0 saturated carbocycles. The van der Waals surface area contributed by atoms with Crippen molar-refractivity contribution in [1.82, 2.24) is 4.31 Å². The Morgan fingerprint density at radius 2 is 2.17 bits per heavy atom. The van der Waals surface area contributed by atoms with Crippen LogP contribution in [-0.2, 0) is 10.0 Å². The number of benzene rings is 1. The van der Waals surface area contributed by atoms with Gasteiger partial charge in [-0.1, -0.05) is 6.07 Å². The molecule has 0 bridgehead atoms. The highest BCUT2D eigenvalue weighted by Gasteiger charge is 2.32. The van der Waals surface area contributed by atoms with Crippen LogP contribution in [0.5, 0.6) is 0 Å². The molecule has 1 atom stereocenters. The second kappa shape index (κ2) is 5.11. The number of nitrogens with two attached hydrogens (primary N) is 1. The minimum atomic E-state index is -3.42. The van der Waals surface area contributed by atoms with E-state index in [-0.39, 0.29) is 6.04 Å². The molecule has 0 aromatic heterocycles. The number of hydrogen-bond acceptors (Lipinski definition) is 4. The molecule has 1 aliphatic rings. The third-order valence-electron chi connectivity index (χ3n) is 3.11. The van der Waals surface area contributed by atoms with Gasteiger partial charge in [0.25, 0.3) is 0 Å². The van der Waals surface area contributed by atoms with Crippen molar-refractivity contribution < 1.29 is 8.42 Å². The van der Waals surface area contributed by atoms with E-state index in [4.69, 9.17) is 5.73 Å². The van der Waals surface area contributed by atoms with Crippen LogP contribution in [0.1, 0.15) is 12.5 Å². The van der Waals surface area contributed by atoms with Crippen LogP contribution in [-0.4, -0.2) is 36.8 Å². The first-order valence-corrected chi connectivity index (χ1v) is 8.48. The monoisotopic (exact) mass is 286 g/mol. The Hall–Kier alpha value is -0.720. The van der Waals surface area contributed by atoms with E-state index >= 15 is 0 Å². The second-order valence-corrected chi connectivity index (χ2v) is 7.57. The van der Waals surface area contributed by atoms with Gasteiger partial charge in [-0.25, -0.2) is 8.42 Å². The highest BCUT2D eigenvalue weighted by Crippen LogP contribution is 2.27. The van der Waals surface area contributed by atoms with Crippen LogP contribution in [0, 0.1) is 6.92 Å². The molecule has 1 aromatic rings. The van der Waals surface area contributed by atoms with Crippen molar-refractivity contribution in [3.63, 3.8) is 0 Å². The summed E-state index contributed by atoms with van der Waals surface area (Å²) in [6, 6.07) is 5.07. The summed E-state index contributed by atoms with van der Waals surface area (Å²) in [5, 5.41) is 0. The van der Waals surface area contributed by atoms with Crippen molar-refractivity contribution in [1.29, 1.82) is 0 Å². The number of rotatable bonds is 2. The predicted octanol–water partition coefficient (Wildman–Crippen LogP) is 1.70. The molecule has 1 aromatic carbocycles. The summed E-state index contributed by atoms with van der Waals surface area (Å²) in [7, 11) is -3.42. The van der Waals surface area contributed by atoms with Gasteiger partial charge in [-0.15, -0.1) is 0 Å². The number of anilines is 1. The van der Waals surface area contributed by atoms with Crippen molar-refractivity contribution in [3.8, 4) is 0 Å². The standard InChI is InChI=1S/C12H18N2O2S2/c1-9-3-4-11(13)7-12(9)18(15,16)14-5-6-17-8-10(14)2/h3-4,7,10H,5-6,8,13H2,1-2H3. The fourth-order valence-corrected chi connectivity index (χ4v) is 5.21. The highest BCUT2D eigenvalue weighted by atomic mass is 32.2. The summed E-state index contributed by atoms with van der Waals surface area (Å²) < 4.78 is 26.9. The number of thioether (sulfide) groups is 1. The van der Waals surface area contributed by atoms with Gasteiger partial charge in [0.2, 0.25) is 10.0 Å². The molecule has 0 radical (unpaired) electrons. The fourth-order valence-electron chi connectivity index (χ4n) is 2.09. The molecular weight excluding hydrogens is 268 g/mol. The van der Waals surface area contributed by atoms with Crippen LogP contribution in [0.2, 0.25) is 0 Å². The smallest absolute Gasteiger partial charge is 0.243 e. The quantitative estimate of drug-likeness (QED) is 0.841. The molecule has 0 amide bonds. The molecular formula is C12H18N2O2S2. The van der Waals surface area contributed by atoms with Crippen LogP contribution in [0.4, 0.5) is 5.69 Å². The van der Waals surface area contributed by atoms with E-state index in [9.17, 15) is 8.42 Å². The van der Waals surface area contributed by atoms with Gasteiger partial charge in [0, 0.05) is 29.8 Å².